The molecule has 108 valence electrons. The summed E-state index contributed by atoms with van der Waals surface area (Å²) in [4.78, 5) is 2.25. The number of hydrogen-bond donors (Lipinski definition) is 1. The molecule has 0 saturated carbocycles. The second-order valence-corrected chi connectivity index (χ2v) is 5.77. The first-order valence-electron chi connectivity index (χ1n) is 6.89. The minimum atomic E-state index is 0.796. The van der Waals surface area contributed by atoms with Gasteiger partial charge in [-0.2, -0.15) is 0 Å². The molecule has 0 aliphatic heterocycles. The summed E-state index contributed by atoms with van der Waals surface area (Å²) in [5.74, 6) is 2.00. The lowest BCUT2D eigenvalue weighted by Crippen LogP contribution is -2.17. The van der Waals surface area contributed by atoms with Gasteiger partial charge in [0.2, 0.25) is 0 Å². The van der Waals surface area contributed by atoms with Gasteiger partial charge in [0, 0.05) is 11.0 Å². The zero-order valence-electron chi connectivity index (χ0n) is 12.0. The van der Waals surface area contributed by atoms with E-state index in [2.05, 4.69) is 64.4 Å². The lowest BCUT2D eigenvalue weighted by Gasteiger charge is -2.16. The maximum absolute atomic E-state index is 5.81. The van der Waals surface area contributed by atoms with Crippen molar-refractivity contribution in [2.24, 2.45) is 0 Å². The standard InChI is InChI=1S/C16H21BrN2O/c1-3-18-10-14-8-9-15(20-14)12-19(2)11-13-6-4-5-7-16(13)17/h4-9,18H,3,10-12H2,1-2H3. The summed E-state index contributed by atoms with van der Waals surface area (Å²) in [6, 6.07) is 12.4. The summed E-state index contributed by atoms with van der Waals surface area (Å²) in [6.07, 6.45) is 0. The van der Waals surface area contributed by atoms with E-state index >= 15 is 0 Å². The zero-order chi connectivity index (χ0) is 14.4. The van der Waals surface area contributed by atoms with Gasteiger partial charge in [0.1, 0.15) is 11.5 Å². The Morgan fingerprint density at radius 2 is 1.85 bits per heavy atom. The highest BCUT2D eigenvalue weighted by molar-refractivity contribution is 9.10. The van der Waals surface area contributed by atoms with Gasteiger partial charge in [-0.1, -0.05) is 41.1 Å². The molecular formula is C16H21BrN2O. The van der Waals surface area contributed by atoms with Crippen molar-refractivity contribution in [2.75, 3.05) is 13.6 Å². The maximum atomic E-state index is 5.81. The fourth-order valence-electron chi connectivity index (χ4n) is 2.09. The van der Waals surface area contributed by atoms with Gasteiger partial charge in [-0.15, -0.1) is 0 Å². The zero-order valence-corrected chi connectivity index (χ0v) is 13.6. The lowest BCUT2D eigenvalue weighted by atomic mass is 10.2. The molecule has 1 N–H and O–H groups in total. The summed E-state index contributed by atoms with van der Waals surface area (Å²) >= 11 is 3.58. The summed E-state index contributed by atoms with van der Waals surface area (Å²) < 4.78 is 6.96. The Kier molecular flexibility index (Phi) is 5.83. The topological polar surface area (TPSA) is 28.4 Å². The summed E-state index contributed by atoms with van der Waals surface area (Å²) in [5.41, 5.74) is 1.29. The summed E-state index contributed by atoms with van der Waals surface area (Å²) in [6.45, 7) is 5.55. The van der Waals surface area contributed by atoms with E-state index in [1.54, 1.807) is 0 Å². The molecule has 20 heavy (non-hydrogen) atoms. The highest BCUT2D eigenvalue weighted by Gasteiger charge is 2.07. The van der Waals surface area contributed by atoms with Gasteiger partial charge in [-0.25, -0.2) is 0 Å². The fraction of sp³-hybridized carbons (Fsp3) is 0.375. The smallest absolute Gasteiger partial charge is 0.118 e. The first-order chi connectivity index (χ1) is 9.69. The Balaban J connectivity index is 1.89. The molecule has 2 aromatic rings. The third-order valence-electron chi connectivity index (χ3n) is 3.09. The second-order valence-electron chi connectivity index (χ2n) is 4.91. The van der Waals surface area contributed by atoms with Crippen LogP contribution in [0, 0.1) is 0 Å². The van der Waals surface area contributed by atoms with Gasteiger partial charge >= 0.3 is 0 Å². The van der Waals surface area contributed by atoms with E-state index in [1.165, 1.54) is 5.56 Å². The van der Waals surface area contributed by atoms with Crippen LogP contribution < -0.4 is 5.32 Å². The highest BCUT2D eigenvalue weighted by atomic mass is 79.9. The van der Waals surface area contributed by atoms with Crippen molar-refractivity contribution in [1.29, 1.82) is 0 Å². The van der Waals surface area contributed by atoms with Crippen LogP contribution in [-0.4, -0.2) is 18.5 Å². The average molecular weight is 337 g/mol. The van der Waals surface area contributed by atoms with Crippen LogP contribution in [0.5, 0.6) is 0 Å². The molecule has 0 aliphatic rings. The van der Waals surface area contributed by atoms with Crippen molar-refractivity contribution in [1.82, 2.24) is 10.2 Å². The quantitative estimate of drug-likeness (QED) is 0.833. The average Bonchev–Trinajstić information content (AvgIpc) is 2.86. The number of furan rings is 1. The molecule has 0 bridgehead atoms. The van der Waals surface area contributed by atoms with Gasteiger partial charge in [-0.3, -0.25) is 4.90 Å². The Morgan fingerprint density at radius 1 is 1.10 bits per heavy atom. The number of nitrogens with one attached hydrogen (secondary N) is 1. The monoisotopic (exact) mass is 336 g/mol. The van der Waals surface area contributed by atoms with Crippen LogP contribution in [0.4, 0.5) is 0 Å². The van der Waals surface area contributed by atoms with Crippen LogP contribution in [0.3, 0.4) is 0 Å². The van der Waals surface area contributed by atoms with E-state index < -0.39 is 0 Å². The molecule has 3 nitrogen and oxygen atoms in total. The van der Waals surface area contributed by atoms with Crippen LogP contribution in [0.1, 0.15) is 24.0 Å². The minimum absolute atomic E-state index is 0.796. The van der Waals surface area contributed by atoms with Gasteiger partial charge in [-0.05, 0) is 37.4 Å². The molecule has 0 radical (unpaired) electrons. The molecule has 1 aromatic heterocycles. The maximum Gasteiger partial charge on any atom is 0.118 e. The Hall–Kier alpha value is -1.10. The third-order valence-corrected chi connectivity index (χ3v) is 3.86. The van der Waals surface area contributed by atoms with Gasteiger partial charge in [0.15, 0.2) is 0 Å². The van der Waals surface area contributed by atoms with Gasteiger partial charge in [0.05, 0.1) is 13.1 Å². The number of rotatable bonds is 7. The summed E-state index contributed by atoms with van der Waals surface area (Å²) in [7, 11) is 2.10. The molecule has 0 saturated heterocycles. The highest BCUT2D eigenvalue weighted by Crippen LogP contribution is 2.18. The number of nitrogens with zero attached hydrogens (tertiary/aromatic N) is 1. The van der Waals surface area contributed by atoms with Crippen molar-refractivity contribution < 1.29 is 4.42 Å². The molecule has 0 spiro atoms. The van der Waals surface area contributed by atoms with E-state index in [9.17, 15) is 0 Å². The fourth-order valence-corrected chi connectivity index (χ4v) is 2.50. The molecule has 2 rings (SSSR count). The van der Waals surface area contributed by atoms with Crippen LogP contribution in [-0.2, 0) is 19.6 Å². The van der Waals surface area contributed by atoms with Gasteiger partial charge < -0.3 is 9.73 Å². The molecule has 0 amide bonds. The number of hydrogen-bond acceptors (Lipinski definition) is 3. The van der Waals surface area contributed by atoms with E-state index in [1.807, 2.05) is 12.1 Å². The van der Waals surface area contributed by atoms with Crippen LogP contribution >= 0.6 is 15.9 Å². The third kappa shape index (κ3) is 4.47. The lowest BCUT2D eigenvalue weighted by molar-refractivity contribution is 0.282. The van der Waals surface area contributed by atoms with E-state index in [0.717, 1.165) is 42.2 Å². The first kappa shape index (κ1) is 15.3. The molecular weight excluding hydrogens is 316 g/mol. The Morgan fingerprint density at radius 3 is 2.60 bits per heavy atom. The Bertz CT molecular complexity index is 539. The molecule has 1 aromatic carbocycles. The van der Waals surface area contributed by atoms with Crippen molar-refractivity contribution in [3.8, 4) is 0 Å². The molecule has 4 heteroatoms. The predicted octanol–water partition coefficient (Wildman–Crippen LogP) is 3.78. The van der Waals surface area contributed by atoms with Crippen LogP contribution in [0.2, 0.25) is 0 Å². The van der Waals surface area contributed by atoms with E-state index in [0.29, 0.717) is 0 Å². The normalized spacial score (nSPS) is 11.2. The van der Waals surface area contributed by atoms with Gasteiger partial charge in [0.25, 0.3) is 0 Å². The molecule has 1 heterocycles. The van der Waals surface area contributed by atoms with E-state index in [4.69, 9.17) is 4.42 Å². The first-order valence-corrected chi connectivity index (χ1v) is 7.68. The SMILES string of the molecule is CCNCc1ccc(CN(C)Cc2ccccc2Br)o1. The number of benzene rings is 1. The molecule has 0 fully saturated rings. The molecule has 0 aliphatic carbocycles. The number of halogens is 1. The van der Waals surface area contributed by atoms with E-state index in [-0.39, 0.29) is 0 Å². The predicted molar refractivity (Wildman–Crippen MR) is 85.4 cm³/mol. The summed E-state index contributed by atoms with van der Waals surface area (Å²) in [5, 5.41) is 3.26. The van der Waals surface area contributed by atoms with Crippen LogP contribution in [0.25, 0.3) is 0 Å². The van der Waals surface area contributed by atoms with Crippen molar-refractivity contribution in [2.45, 2.75) is 26.6 Å². The molecule has 0 atom stereocenters. The molecule has 0 unspecified atom stereocenters. The second kappa shape index (κ2) is 7.62. The minimum Gasteiger partial charge on any atom is -0.463 e. The Labute approximate surface area is 129 Å². The van der Waals surface area contributed by atoms with Crippen molar-refractivity contribution in [3.63, 3.8) is 0 Å². The largest absolute Gasteiger partial charge is 0.463 e. The van der Waals surface area contributed by atoms with Crippen molar-refractivity contribution in [3.05, 3.63) is 58.0 Å². The van der Waals surface area contributed by atoms with Crippen molar-refractivity contribution >= 4 is 15.9 Å². The van der Waals surface area contributed by atoms with Crippen LogP contribution in [0.15, 0.2) is 45.3 Å².